The van der Waals surface area contributed by atoms with E-state index in [0.29, 0.717) is 10.5 Å². The van der Waals surface area contributed by atoms with Gasteiger partial charge < -0.3 is 19.4 Å². The maximum Gasteiger partial charge on any atom is 3.00 e. The van der Waals surface area contributed by atoms with Gasteiger partial charge in [0.2, 0.25) is 0 Å². The molecule has 0 aliphatic heterocycles. The maximum atomic E-state index is 10.8. The van der Waals surface area contributed by atoms with Crippen molar-refractivity contribution in [2.75, 3.05) is 13.1 Å². The zero-order valence-corrected chi connectivity index (χ0v) is 13.0. The summed E-state index contributed by atoms with van der Waals surface area (Å²) in [6.45, 7) is 3.97. The summed E-state index contributed by atoms with van der Waals surface area (Å²) in [4.78, 5) is 61.4. The van der Waals surface area contributed by atoms with Crippen LogP contribution < -0.4 is 0 Å². The van der Waals surface area contributed by atoms with Gasteiger partial charge in [0.05, 0.1) is 13.1 Å². The molecule has 0 unspecified atom stereocenters. The Balaban J connectivity index is 0. The normalized spacial score (nSPS) is 9.62. The Morgan fingerprint density at radius 2 is 0.810 bits per heavy atom. The van der Waals surface area contributed by atoms with E-state index in [9.17, 15) is 19.2 Å². The van der Waals surface area contributed by atoms with Crippen LogP contribution in [-0.2, 0) is 55.6 Å². The molecule has 0 heterocycles. The summed E-state index contributed by atoms with van der Waals surface area (Å²) in [7, 11) is 0. The predicted molar refractivity (Wildman–Crippen MR) is 60.5 cm³/mol. The van der Waals surface area contributed by atoms with E-state index in [4.69, 9.17) is 0 Å². The molecule has 0 saturated heterocycles. The standard InChI is InChI=1S/C10H16N2O8.Fe/c1-7(13)17-11(18-8(2)14)5-6-12(19-9(3)15)20-10(4)16;/h5-6H2,1-4H3;/q;+3. The van der Waals surface area contributed by atoms with Gasteiger partial charge in [-0.3, -0.25) is 19.2 Å². The van der Waals surface area contributed by atoms with Crippen molar-refractivity contribution < 1.29 is 55.6 Å². The monoisotopic (exact) mass is 348 g/mol. The first kappa shape index (κ1) is 21.6. The van der Waals surface area contributed by atoms with Gasteiger partial charge in [0.15, 0.2) is 0 Å². The van der Waals surface area contributed by atoms with Gasteiger partial charge in [-0.25, -0.2) is 0 Å². The van der Waals surface area contributed by atoms with Crippen LogP contribution in [0.5, 0.6) is 0 Å². The van der Waals surface area contributed by atoms with E-state index in [1.165, 1.54) is 0 Å². The first-order valence-electron chi connectivity index (χ1n) is 5.50. The molecule has 11 heteroatoms. The third-order valence-electron chi connectivity index (χ3n) is 1.39. The molecule has 0 N–H and O–H groups in total. The van der Waals surface area contributed by atoms with E-state index in [2.05, 4.69) is 19.4 Å². The maximum absolute atomic E-state index is 10.8. The fourth-order valence-corrected chi connectivity index (χ4v) is 0.957. The van der Waals surface area contributed by atoms with Gasteiger partial charge in [-0.15, -0.1) is 0 Å². The topological polar surface area (TPSA) is 112 Å². The van der Waals surface area contributed by atoms with Crippen LogP contribution >= 0.6 is 0 Å². The molecule has 0 aromatic rings. The number of carbonyl (C=O) groups excluding carboxylic acids is 4. The Hall–Kier alpha value is -1.68. The molecule has 0 rings (SSSR count). The van der Waals surface area contributed by atoms with Crippen LogP contribution in [0.4, 0.5) is 0 Å². The smallest absolute Gasteiger partial charge is 0.333 e. The molecule has 21 heavy (non-hydrogen) atoms. The Morgan fingerprint density at radius 1 is 0.619 bits per heavy atom. The summed E-state index contributed by atoms with van der Waals surface area (Å²) in [5.74, 6) is -2.90. The van der Waals surface area contributed by atoms with Crippen LogP contribution in [0.1, 0.15) is 27.7 Å². The largest absolute Gasteiger partial charge is 3.00 e. The summed E-state index contributed by atoms with van der Waals surface area (Å²) in [5.41, 5.74) is 0. The summed E-state index contributed by atoms with van der Waals surface area (Å²) in [5, 5.41) is 1.15. The quantitative estimate of drug-likeness (QED) is 0.441. The number of rotatable bonds is 7. The molecule has 0 saturated carbocycles. The zero-order valence-electron chi connectivity index (χ0n) is 11.9. The second-order valence-corrected chi connectivity index (χ2v) is 3.44. The third kappa shape index (κ3) is 13.1. The molecule has 0 spiro atoms. The van der Waals surface area contributed by atoms with Gasteiger partial charge in [-0.2, -0.15) is 0 Å². The van der Waals surface area contributed by atoms with Crippen molar-refractivity contribution in [1.29, 1.82) is 0 Å². The molecule has 0 aliphatic rings. The van der Waals surface area contributed by atoms with Crippen molar-refractivity contribution in [2.45, 2.75) is 27.7 Å². The number of hydrogen-bond donors (Lipinski definition) is 0. The first-order valence-corrected chi connectivity index (χ1v) is 5.50. The molecule has 1 radical (unpaired) electrons. The van der Waals surface area contributed by atoms with Crippen molar-refractivity contribution in [3.63, 3.8) is 0 Å². The first-order chi connectivity index (χ1) is 9.20. The molecule has 119 valence electrons. The van der Waals surface area contributed by atoms with E-state index >= 15 is 0 Å². The van der Waals surface area contributed by atoms with E-state index in [1.54, 1.807) is 0 Å². The third-order valence-corrected chi connectivity index (χ3v) is 1.39. The van der Waals surface area contributed by atoms with Gasteiger partial charge in [0.1, 0.15) is 0 Å². The number of hydroxylamine groups is 4. The number of nitrogens with zero attached hydrogens (tertiary/aromatic N) is 2. The molecule has 0 atom stereocenters. The van der Waals surface area contributed by atoms with Crippen molar-refractivity contribution in [3.05, 3.63) is 0 Å². The van der Waals surface area contributed by atoms with Gasteiger partial charge in [0.25, 0.3) is 0 Å². The minimum Gasteiger partial charge on any atom is -0.333 e. The van der Waals surface area contributed by atoms with Gasteiger partial charge in [-0.05, 0) is 0 Å². The van der Waals surface area contributed by atoms with E-state index in [1.807, 2.05) is 0 Å². The summed E-state index contributed by atoms with van der Waals surface area (Å²) in [6.07, 6.45) is 0. The molecule has 0 bridgehead atoms. The minimum absolute atomic E-state index is 0. The Bertz CT molecular complexity index is 321. The van der Waals surface area contributed by atoms with Crippen molar-refractivity contribution in [2.24, 2.45) is 0 Å². The summed E-state index contributed by atoms with van der Waals surface area (Å²) in [6, 6.07) is 0. The fraction of sp³-hybridized carbons (Fsp3) is 0.600. The molecule has 0 fully saturated rings. The van der Waals surface area contributed by atoms with Crippen LogP contribution in [0.25, 0.3) is 0 Å². The van der Waals surface area contributed by atoms with E-state index in [-0.39, 0.29) is 30.2 Å². The van der Waals surface area contributed by atoms with Gasteiger partial charge in [-0.1, -0.05) is 0 Å². The Morgan fingerprint density at radius 3 is 0.952 bits per heavy atom. The average Bonchev–Trinajstić information content (AvgIpc) is 2.22. The van der Waals surface area contributed by atoms with Crippen molar-refractivity contribution in [3.8, 4) is 0 Å². The molecular weight excluding hydrogens is 332 g/mol. The van der Waals surface area contributed by atoms with Gasteiger partial charge in [0, 0.05) is 38.1 Å². The Kier molecular flexibility index (Phi) is 11.4. The van der Waals surface area contributed by atoms with Crippen molar-refractivity contribution in [1.82, 2.24) is 10.5 Å². The van der Waals surface area contributed by atoms with Crippen LogP contribution in [0, 0.1) is 0 Å². The Labute approximate surface area is 131 Å². The minimum atomic E-state index is -0.724. The number of carbonyl (C=O) groups is 4. The molecule has 0 aromatic carbocycles. The zero-order chi connectivity index (χ0) is 15.7. The van der Waals surface area contributed by atoms with Crippen LogP contribution in [0.15, 0.2) is 0 Å². The van der Waals surface area contributed by atoms with E-state index < -0.39 is 23.9 Å². The molecule has 0 aromatic heterocycles. The molecular formula is C10H16FeN2O8+3. The second kappa shape index (κ2) is 11.0. The average molecular weight is 348 g/mol. The second-order valence-electron chi connectivity index (χ2n) is 3.44. The number of hydrogen-bond acceptors (Lipinski definition) is 10. The summed E-state index contributed by atoms with van der Waals surface area (Å²) < 4.78 is 0. The van der Waals surface area contributed by atoms with Gasteiger partial charge >= 0.3 is 40.9 Å². The molecule has 10 nitrogen and oxygen atoms in total. The van der Waals surface area contributed by atoms with Crippen LogP contribution in [-0.4, -0.2) is 47.4 Å². The van der Waals surface area contributed by atoms with Crippen LogP contribution in [0.2, 0.25) is 0 Å². The van der Waals surface area contributed by atoms with Crippen LogP contribution in [0.3, 0.4) is 0 Å². The summed E-state index contributed by atoms with van der Waals surface area (Å²) >= 11 is 0. The SMILES string of the molecule is CC(=O)ON(CCN(OC(C)=O)OC(C)=O)OC(C)=O.[Fe+3]. The van der Waals surface area contributed by atoms with Crippen molar-refractivity contribution >= 4 is 23.9 Å². The molecule has 0 aliphatic carbocycles. The molecule has 0 amide bonds. The predicted octanol–water partition coefficient (Wildman–Crippen LogP) is -0.500. The fourth-order valence-electron chi connectivity index (χ4n) is 0.957. The van der Waals surface area contributed by atoms with E-state index in [0.717, 1.165) is 27.7 Å².